The normalized spacial score (nSPS) is 30.2. The summed E-state index contributed by atoms with van der Waals surface area (Å²) in [5, 5.41) is 6.29. The van der Waals surface area contributed by atoms with Crippen LogP contribution in [0.1, 0.15) is 68.7 Å². The number of carbonyl (C=O) groups excluding carboxylic acids is 2. The first-order chi connectivity index (χ1) is 11.6. The van der Waals surface area contributed by atoms with Gasteiger partial charge in [-0.15, -0.1) is 0 Å². The van der Waals surface area contributed by atoms with E-state index in [0.717, 1.165) is 13.1 Å². The van der Waals surface area contributed by atoms with Gasteiger partial charge >= 0.3 is 0 Å². The number of carbonyl (C=O) groups is 2. The fourth-order valence-electron chi connectivity index (χ4n) is 4.40. The third kappa shape index (κ3) is 4.99. The molecule has 0 aromatic rings. The van der Waals surface area contributed by atoms with Crippen molar-refractivity contribution in [2.75, 3.05) is 13.1 Å². The monoisotopic (exact) mass is 365 g/mol. The molecule has 2 N–H and O–H groups in total. The van der Waals surface area contributed by atoms with Crippen LogP contribution in [0.4, 0.5) is 0 Å². The minimum atomic E-state index is -0.249. The molecule has 5 heteroatoms. The molecule has 0 aromatic carbocycles. The van der Waals surface area contributed by atoms with Crippen LogP contribution in [0, 0.1) is 23.7 Å². The molecule has 0 spiro atoms. The first-order valence-electron chi connectivity index (χ1n) is 9.97. The van der Waals surface area contributed by atoms with Gasteiger partial charge in [0.05, 0.1) is 0 Å². The molecule has 1 aliphatic heterocycles. The average molecular weight is 366 g/mol. The zero-order valence-electron chi connectivity index (χ0n) is 18.2. The van der Waals surface area contributed by atoms with E-state index in [0.29, 0.717) is 6.42 Å². The summed E-state index contributed by atoms with van der Waals surface area (Å²) >= 11 is 0. The van der Waals surface area contributed by atoms with Crippen molar-refractivity contribution in [1.29, 1.82) is 0 Å². The van der Waals surface area contributed by atoms with E-state index in [1.807, 2.05) is 41.5 Å². The fourth-order valence-corrected chi connectivity index (χ4v) is 4.40. The van der Waals surface area contributed by atoms with Crippen molar-refractivity contribution in [3.63, 3.8) is 0 Å². The topological polar surface area (TPSA) is 61.4 Å². The summed E-state index contributed by atoms with van der Waals surface area (Å²) in [5.41, 5.74) is -0.443. The zero-order valence-corrected chi connectivity index (χ0v) is 18.2. The molecule has 0 aromatic heterocycles. The Morgan fingerprint density at radius 3 is 1.35 bits per heavy atom. The summed E-state index contributed by atoms with van der Waals surface area (Å²) in [6.45, 7) is 20.5. The maximum atomic E-state index is 13.0. The molecular weight excluding hydrogens is 326 g/mol. The minimum Gasteiger partial charge on any atom is -0.351 e. The summed E-state index contributed by atoms with van der Waals surface area (Å²) in [4.78, 5) is 28.3. The predicted octanol–water partition coefficient (Wildman–Crippen LogP) is 2.80. The van der Waals surface area contributed by atoms with E-state index in [2.05, 4.69) is 36.3 Å². The molecule has 26 heavy (non-hydrogen) atoms. The maximum absolute atomic E-state index is 13.0. The number of hydrogen-bond acceptors (Lipinski definition) is 3. The van der Waals surface area contributed by atoms with Gasteiger partial charge in [0.2, 0.25) is 11.8 Å². The summed E-state index contributed by atoms with van der Waals surface area (Å²) in [5.74, 6) is 0.563. The zero-order chi connectivity index (χ0) is 20.1. The van der Waals surface area contributed by atoms with Crippen molar-refractivity contribution in [1.82, 2.24) is 15.5 Å². The van der Waals surface area contributed by atoms with E-state index >= 15 is 0 Å². The van der Waals surface area contributed by atoms with E-state index in [4.69, 9.17) is 0 Å². The van der Waals surface area contributed by atoms with Crippen LogP contribution in [0.15, 0.2) is 0 Å². The van der Waals surface area contributed by atoms with Crippen molar-refractivity contribution in [3.8, 4) is 0 Å². The van der Waals surface area contributed by atoms with Crippen LogP contribution in [0.3, 0.4) is 0 Å². The predicted molar refractivity (Wildman–Crippen MR) is 106 cm³/mol. The van der Waals surface area contributed by atoms with E-state index in [1.54, 1.807) is 0 Å². The van der Waals surface area contributed by atoms with Crippen LogP contribution in [0.25, 0.3) is 0 Å². The van der Waals surface area contributed by atoms with Crippen LogP contribution in [0.2, 0.25) is 0 Å². The molecule has 1 saturated heterocycles. The average Bonchev–Trinajstić information content (AvgIpc) is 2.90. The molecule has 2 aliphatic rings. The number of rotatable bonds is 2. The van der Waals surface area contributed by atoms with Crippen molar-refractivity contribution in [2.45, 2.75) is 85.4 Å². The van der Waals surface area contributed by atoms with Gasteiger partial charge in [-0.1, -0.05) is 0 Å². The highest BCUT2D eigenvalue weighted by molar-refractivity contribution is 5.84. The first kappa shape index (κ1) is 21.2. The Kier molecular flexibility index (Phi) is 5.55. The Morgan fingerprint density at radius 2 is 1.08 bits per heavy atom. The highest BCUT2D eigenvalue weighted by atomic mass is 16.2. The molecule has 5 nitrogen and oxygen atoms in total. The third-order valence-electron chi connectivity index (χ3n) is 5.57. The lowest BCUT2D eigenvalue weighted by atomic mass is 9.89. The second kappa shape index (κ2) is 6.81. The molecule has 4 unspecified atom stereocenters. The molecule has 0 radical (unpaired) electrons. The molecule has 1 aliphatic carbocycles. The van der Waals surface area contributed by atoms with Gasteiger partial charge in [-0.05, 0) is 80.6 Å². The number of amides is 2. The summed E-state index contributed by atoms with van der Waals surface area (Å²) in [6, 6.07) is 0. The first-order valence-corrected chi connectivity index (χ1v) is 9.97. The number of nitrogens with zero attached hydrogens (tertiary/aromatic N) is 1. The highest BCUT2D eigenvalue weighted by Gasteiger charge is 2.54. The van der Waals surface area contributed by atoms with Crippen molar-refractivity contribution in [3.05, 3.63) is 0 Å². The SMILES string of the molecule is CC(C)(C)NC(=O)C1CC(C(=O)NC(C)(C)C)C2CN(C(C)(C)C)CC12. The Balaban J connectivity index is 2.23. The number of hydrogen-bond donors (Lipinski definition) is 2. The fraction of sp³-hybridized carbons (Fsp3) is 0.905. The molecule has 4 atom stereocenters. The summed E-state index contributed by atoms with van der Waals surface area (Å²) < 4.78 is 0. The van der Waals surface area contributed by atoms with Crippen LogP contribution in [0.5, 0.6) is 0 Å². The molecule has 2 rings (SSSR count). The third-order valence-corrected chi connectivity index (χ3v) is 5.57. The van der Waals surface area contributed by atoms with Crippen LogP contribution >= 0.6 is 0 Å². The van der Waals surface area contributed by atoms with Gasteiger partial charge in [0.1, 0.15) is 0 Å². The highest BCUT2D eigenvalue weighted by Crippen LogP contribution is 2.48. The minimum absolute atomic E-state index is 0.0560. The van der Waals surface area contributed by atoms with Gasteiger partial charge in [-0.25, -0.2) is 0 Å². The van der Waals surface area contributed by atoms with Gasteiger partial charge in [0.15, 0.2) is 0 Å². The molecule has 2 amide bonds. The Bertz CT molecular complexity index is 509. The summed E-state index contributed by atoms with van der Waals surface area (Å²) in [7, 11) is 0. The molecular formula is C21H39N3O2. The second-order valence-corrected chi connectivity index (χ2v) is 11.3. The lowest BCUT2D eigenvalue weighted by Gasteiger charge is -2.34. The molecule has 0 bridgehead atoms. The standard InChI is InChI=1S/C21H39N3O2/c1-19(2,3)22-17(25)13-10-14(18(26)23-20(4,5)6)16-12-24(11-15(13)16)21(7,8)9/h13-16H,10-12H2,1-9H3,(H,22,25)(H,23,26). The summed E-state index contributed by atoms with van der Waals surface area (Å²) in [6.07, 6.45) is 0.664. The lowest BCUT2D eigenvalue weighted by molar-refractivity contribution is -0.128. The van der Waals surface area contributed by atoms with E-state index in [-0.39, 0.29) is 52.1 Å². The quantitative estimate of drug-likeness (QED) is 0.791. The van der Waals surface area contributed by atoms with E-state index in [9.17, 15) is 9.59 Å². The smallest absolute Gasteiger partial charge is 0.223 e. The van der Waals surface area contributed by atoms with Crippen LogP contribution < -0.4 is 10.6 Å². The number of likely N-dealkylation sites (tertiary alicyclic amines) is 1. The van der Waals surface area contributed by atoms with Gasteiger partial charge in [0, 0.05) is 41.5 Å². The lowest BCUT2D eigenvalue weighted by Crippen LogP contribution is -2.47. The second-order valence-electron chi connectivity index (χ2n) is 11.3. The van der Waals surface area contributed by atoms with Crippen LogP contribution in [-0.4, -0.2) is 46.4 Å². The van der Waals surface area contributed by atoms with Gasteiger partial charge in [-0.3, -0.25) is 14.5 Å². The Morgan fingerprint density at radius 1 is 0.731 bits per heavy atom. The van der Waals surface area contributed by atoms with Gasteiger partial charge in [0.25, 0.3) is 0 Å². The van der Waals surface area contributed by atoms with Gasteiger partial charge in [-0.2, -0.15) is 0 Å². The molecule has 1 saturated carbocycles. The van der Waals surface area contributed by atoms with Gasteiger partial charge < -0.3 is 10.6 Å². The van der Waals surface area contributed by atoms with Crippen molar-refractivity contribution >= 4 is 11.8 Å². The van der Waals surface area contributed by atoms with Crippen LogP contribution in [-0.2, 0) is 9.59 Å². The van der Waals surface area contributed by atoms with Crippen molar-refractivity contribution < 1.29 is 9.59 Å². The largest absolute Gasteiger partial charge is 0.351 e. The Hall–Kier alpha value is -1.10. The molecule has 1 heterocycles. The number of fused-ring (bicyclic) bond motifs is 1. The van der Waals surface area contributed by atoms with E-state index in [1.165, 1.54) is 0 Å². The maximum Gasteiger partial charge on any atom is 0.223 e. The Labute approximate surface area is 159 Å². The van der Waals surface area contributed by atoms with Crippen molar-refractivity contribution in [2.24, 2.45) is 23.7 Å². The van der Waals surface area contributed by atoms with E-state index < -0.39 is 0 Å². The molecule has 2 fully saturated rings. The molecule has 150 valence electrons. The number of nitrogens with one attached hydrogen (secondary N) is 2.